The number of methoxy groups -OCH3 is 1. The van der Waals surface area contributed by atoms with Gasteiger partial charge >= 0.3 is 5.97 Å². The van der Waals surface area contributed by atoms with Crippen molar-refractivity contribution in [1.29, 1.82) is 0 Å². The van der Waals surface area contributed by atoms with Gasteiger partial charge < -0.3 is 4.74 Å². The number of aromatic amines is 1. The number of ether oxygens (including phenoxy) is 1. The second kappa shape index (κ2) is 5.59. The fourth-order valence-electron chi connectivity index (χ4n) is 2.48. The molecule has 3 rings (SSSR count). The van der Waals surface area contributed by atoms with E-state index in [-0.39, 0.29) is 24.7 Å². The highest BCUT2D eigenvalue weighted by Crippen LogP contribution is 2.27. The van der Waals surface area contributed by atoms with Gasteiger partial charge in [0.2, 0.25) is 5.91 Å². The van der Waals surface area contributed by atoms with Gasteiger partial charge in [0.05, 0.1) is 18.7 Å². The van der Waals surface area contributed by atoms with Crippen LogP contribution in [0, 0.1) is 11.7 Å². The smallest absolute Gasteiger partial charge is 0.311 e. The van der Waals surface area contributed by atoms with Crippen LogP contribution >= 0.6 is 0 Å². The first-order valence-electron chi connectivity index (χ1n) is 6.78. The molecule has 0 aliphatic carbocycles. The molecule has 1 aromatic carbocycles. The van der Waals surface area contributed by atoms with Crippen molar-refractivity contribution >= 4 is 17.7 Å². The third-order valence-electron chi connectivity index (χ3n) is 3.66. The molecule has 6 nitrogen and oxygen atoms in total. The molecule has 1 N–H and O–H groups in total. The predicted molar refractivity (Wildman–Crippen MR) is 76.5 cm³/mol. The molecular formula is C15H14FN3O3. The topological polar surface area (TPSA) is 75.3 Å². The number of halogens is 1. The summed E-state index contributed by atoms with van der Waals surface area (Å²) >= 11 is 0. The van der Waals surface area contributed by atoms with E-state index in [0.29, 0.717) is 11.5 Å². The molecule has 1 fully saturated rings. The van der Waals surface area contributed by atoms with Crippen molar-refractivity contribution in [1.82, 2.24) is 10.2 Å². The van der Waals surface area contributed by atoms with Gasteiger partial charge in [0, 0.05) is 19.0 Å². The summed E-state index contributed by atoms with van der Waals surface area (Å²) < 4.78 is 17.6. The second-order valence-electron chi connectivity index (χ2n) is 5.08. The van der Waals surface area contributed by atoms with Gasteiger partial charge in [0.1, 0.15) is 5.82 Å². The highest BCUT2D eigenvalue weighted by atomic mass is 19.1. The van der Waals surface area contributed by atoms with Crippen LogP contribution in [0.4, 0.5) is 10.2 Å². The van der Waals surface area contributed by atoms with Gasteiger partial charge in [0.15, 0.2) is 5.82 Å². The number of hydrogen-bond donors (Lipinski definition) is 1. The molecule has 114 valence electrons. The summed E-state index contributed by atoms with van der Waals surface area (Å²) in [6, 6.07) is 7.64. The van der Waals surface area contributed by atoms with Crippen LogP contribution < -0.4 is 4.90 Å². The number of carbonyl (C=O) groups is 2. The number of esters is 1. The highest BCUT2D eigenvalue weighted by Gasteiger charge is 2.36. The fourth-order valence-corrected chi connectivity index (χ4v) is 2.48. The Balaban J connectivity index is 1.80. The molecule has 1 saturated heterocycles. The quantitative estimate of drug-likeness (QED) is 0.876. The van der Waals surface area contributed by atoms with E-state index in [4.69, 9.17) is 0 Å². The molecule has 1 unspecified atom stereocenters. The lowest BCUT2D eigenvalue weighted by molar-refractivity contribution is -0.145. The zero-order valence-electron chi connectivity index (χ0n) is 11.9. The number of amides is 1. The van der Waals surface area contributed by atoms with Gasteiger partial charge in [-0.3, -0.25) is 19.6 Å². The predicted octanol–water partition coefficient (Wildman–Crippen LogP) is 1.74. The zero-order valence-corrected chi connectivity index (χ0v) is 11.9. The molecule has 2 aromatic rings. The molecule has 22 heavy (non-hydrogen) atoms. The van der Waals surface area contributed by atoms with Crippen molar-refractivity contribution < 1.29 is 18.7 Å². The molecule has 1 aromatic heterocycles. The van der Waals surface area contributed by atoms with Crippen LogP contribution in [0.2, 0.25) is 0 Å². The third kappa shape index (κ3) is 2.57. The summed E-state index contributed by atoms with van der Waals surface area (Å²) in [5, 5.41) is 6.92. The minimum absolute atomic E-state index is 0.116. The third-order valence-corrected chi connectivity index (χ3v) is 3.66. The molecule has 1 aliphatic rings. The van der Waals surface area contributed by atoms with Crippen LogP contribution in [0.3, 0.4) is 0 Å². The zero-order chi connectivity index (χ0) is 15.7. The number of anilines is 1. The van der Waals surface area contributed by atoms with Gasteiger partial charge in [0.25, 0.3) is 0 Å². The maximum absolute atomic E-state index is 12.9. The summed E-state index contributed by atoms with van der Waals surface area (Å²) in [6.45, 7) is 0.249. The first-order chi connectivity index (χ1) is 10.6. The van der Waals surface area contributed by atoms with E-state index in [1.807, 2.05) is 0 Å². The fraction of sp³-hybridized carbons (Fsp3) is 0.267. The van der Waals surface area contributed by atoms with Crippen LogP contribution in [-0.4, -0.2) is 35.7 Å². The van der Waals surface area contributed by atoms with Gasteiger partial charge in [-0.05, 0) is 29.8 Å². The number of hydrogen-bond acceptors (Lipinski definition) is 4. The van der Waals surface area contributed by atoms with Gasteiger partial charge in [-0.15, -0.1) is 0 Å². The lowest BCUT2D eigenvalue weighted by Crippen LogP contribution is -2.26. The van der Waals surface area contributed by atoms with E-state index in [0.717, 1.165) is 5.56 Å². The number of rotatable bonds is 3. The van der Waals surface area contributed by atoms with Crippen molar-refractivity contribution in [2.45, 2.75) is 6.42 Å². The summed E-state index contributed by atoms with van der Waals surface area (Å²) in [7, 11) is 1.30. The van der Waals surface area contributed by atoms with Crippen LogP contribution in [0.15, 0.2) is 30.3 Å². The summed E-state index contributed by atoms with van der Waals surface area (Å²) in [5.41, 5.74) is 1.43. The van der Waals surface area contributed by atoms with Crippen LogP contribution in [-0.2, 0) is 14.3 Å². The molecule has 0 bridgehead atoms. The Bertz CT molecular complexity index is 711. The van der Waals surface area contributed by atoms with Gasteiger partial charge in [-0.1, -0.05) is 0 Å². The van der Waals surface area contributed by atoms with Crippen molar-refractivity contribution in [3.05, 3.63) is 36.1 Å². The number of benzene rings is 1. The maximum atomic E-state index is 12.9. The van der Waals surface area contributed by atoms with Crippen LogP contribution in [0.25, 0.3) is 11.3 Å². The molecule has 1 aliphatic heterocycles. The number of aromatic nitrogens is 2. The molecule has 1 amide bonds. The van der Waals surface area contributed by atoms with Crippen LogP contribution in [0.5, 0.6) is 0 Å². The van der Waals surface area contributed by atoms with Crippen molar-refractivity contribution in [3.63, 3.8) is 0 Å². The SMILES string of the molecule is COC(=O)C1CC(=O)N(c2cc(-c3ccc(F)cc3)[nH]n2)C1. The number of nitrogens with zero attached hydrogens (tertiary/aromatic N) is 2. The van der Waals surface area contributed by atoms with Crippen molar-refractivity contribution in [2.24, 2.45) is 5.92 Å². The summed E-state index contributed by atoms with van der Waals surface area (Å²) in [6.07, 6.45) is 0.116. The molecule has 0 saturated carbocycles. The Morgan fingerprint density at radius 3 is 2.82 bits per heavy atom. The average molecular weight is 303 g/mol. The molecule has 0 radical (unpaired) electrons. The Hall–Kier alpha value is -2.70. The minimum atomic E-state index is -0.469. The standard InChI is InChI=1S/C15H14FN3O3/c1-22-15(21)10-6-14(20)19(8-10)13-7-12(17-18-13)9-2-4-11(16)5-3-9/h2-5,7,10H,6,8H2,1H3,(H,17,18). The van der Waals surface area contributed by atoms with Crippen LogP contribution in [0.1, 0.15) is 6.42 Å². The monoisotopic (exact) mass is 303 g/mol. The summed E-state index contributed by atoms with van der Waals surface area (Å²) in [5.74, 6) is -0.920. The maximum Gasteiger partial charge on any atom is 0.311 e. The number of nitrogens with one attached hydrogen (secondary N) is 1. The van der Waals surface area contributed by atoms with Gasteiger partial charge in [-0.2, -0.15) is 5.10 Å². The van der Waals surface area contributed by atoms with E-state index < -0.39 is 11.9 Å². The Labute approximate surface area is 125 Å². The lowest BCUT2D eigenvalue weighted by Gasteiger charge is -2.12. The van der Waals surface area contributed by atoms with E-state index in [1.54, 1.807) is 18.2 Å². The minimum Gasteiger partial charge on any atom is -0.469 e. The summed E-state index contributed by atoms with van der Waals surface area (Å²) in [4.78, 5) is 25.0. The Kier molecular flexibility index (Phi) is 3.62. The van der Waals surface area contributed by atoms with E-state index >= 15 is 0 Å². The molecule has 7 heteroatoms. The molecular weight excluding hydrogens is 289 g/mol. The molecule has 0 spiro atoms. The number of carbonyl (C=O) groups excluding carboxylic acids is 2. The first kappa shape index (κ1) is 14.2. The van der Waals surface area contributed by atoms with Crippen molar-refractivity contribution in [3.8, 4) is 11.3 Å². The first-order valence-corrected chi connectivity index (χ1v) is 6.78. The average Bonchev–Trinajstić information content (AvgIpc) is 3.14. The molecule has 1 atom stereocenters. The van der Waals surface area contributed by atoms with Crippen molar-refractivity contribution in [2.75, 3.05) is 18.6 Å². The largest absolute Gasteiger partial charge is 0.469 e. The Morgan fingerprint density at radius 1 is 1.41 bits per heavy atom. The van der Waals surface area contributed by atoms with E-state index in [1.165, 1.54) is 24.1 Å². The second-order valence-corrected chi connectivity index (χ2v) is 5.08. The van der Waals surface area contributed by atoms with Gasteiger partial charge in [-0.25, -0.2) is 4.39 Å². The normalized spacial score (nSPS) is 17.8. The lowest BCUT2D eigenvalue weighted by atomic mass is 10.1. The van der Waals surface area contributed by atoms with E-state index in [2.05, 4.69) is 14.9 Å². The molecule has 2 heterocycles. The van der Waals surface area contributed by atoms with E-state index in [9.17, 15) is 14.0 Å². The number of H-pyrrole nitrogens is 1. The highest BCUT2D eigenvalue weighted by molar-refractivity contribution is 5.99. The Morgan fingerprint density at radius 2 is 2.14 bits per heavy atom.